The number of halogens is 5. The van der Waals surface area contributed by atoms with Crippen molar-refractivity contribution >= 4 is 6.47 Å². The van der Waals surface area contributed by atoms with Gasteiger partial charge in [-0.05, 0) is 23.3 Å². The third kappa shape index (κ3) is 3.41. The molecular formula is C15H9F5O2. The third-order valence-corrected chi connectivity index (χ3v) is 2.91. The van der Waals surface area contributed by atoms with Gasteiger partial charge >= 0.3 is 6.18 Å². The zero-order valence-corrected chi connectivity index (χ0v) is 11.0. The quantitative estimate of drug-likeness (QED) is 0.620. The van der Waals surface area contributed by atoms with Gasteiger partial charge in [0.25, 0.3) is 6.47 Å². The molecule has 0 radical (unpaired) electrons. The van der Waals surface area contributed by atoms with E-state index < -0.39 is 35.5 Å². The van der Waals surface area contributed by atoms with Crippen molar-refractivity contribution in [3.05, 3.63) is 59.2 Å². The molecule has 0 heterocycles. The van der Waals surface area contributed by atoms with E-state index in [-0.39, 0.29) is 17.6 Å². The largest absolute Gasteiger partial charge is 0.463 e. The summed E-state index contributed by atoms with van der Waals surface area (Å²) in [6.45, 7) is -0.571. The topological polar surface area (TPSA) is 26.3 Å². The molecule has 0 aliphatic heterocycles. The van der Waals surface area contributed by atoms with E-state index >= 15 is 0 Å². The van der Waals surface area contributed by atoms with Gasteiger partial charge in [-0.2, -0.15) is 13.2 Å². The Labute approximate surface area is 122 Å². The van der Waals surface area contributed by atoms with Gasteiger partial charge in [-0.25, -0.2) is 8.78 Å². The molecule has 2 aromatic rings. The molecule has 116 valence electrons. The van der Waals surface area contributed by atoms with Gasteiger partial charge in [0.15, 0.2) is 0 Å². The summed E-state index contributed by atoms with van der Waals surface area (Å²) >= 11 is 0. The average molecular weight is 316 g/mol. The van der Waals surface area contributed by atoms with Crippen LogP contribution in [0.2, 0.25) is 0 Å². The van der Waals surface area contributed by atoms with Crippen LogP contribution in [0.15, 0.2) is 36.4 Å². The summed E-state index contributed by atoms with van der Waals surface area (Å²) in [5, 5.41) is 0. The lowest BCUT2D eigenvalue weighted by Crippen LogP contribution is -2.12. The lowest BCUT2D eigenvalue weighted by molar-refractivity contribution is -0.140. The maximum atomic E-state index is 13.3. The van der Waals surface area contributed by atoms with E-state index in [1.54, 1.807) is 0 Å². The van der Waals surface area contributed by atoms with Crippen molar-refractivity contribution in [3.63, 3.8) is 0 Å². The zero-order chi connectivity index (χ0) is 16.3. The maximum Gasteiger partial charge on any atom is 0.417 e. The van der Waals surface area contributed by atoms with Gasteiger partial charge in [-0.1, -0.05) is 18.2 Å². The fraction of sp³-hybridized carbons (Fsp3) is 0.133. The summed E-state index contributed by atoms with van der Waals surface area (Å²) in [6.07, 6.45) is -4.78. The van der Waals surface area contributed by atoms with Gasteiger partial charge in [-0.15, -0.1) is 0 Å². The predicted molar refractivity (Wildman–Crippen MR) is 67.6 cm³/mol. The Hall–Kier alpha value is -2.44. The minimum absolute atomic E-state index is 0.0225. The van der Waals surface area contributed by atoms with Crippen LogP contribution in [0, 0.1) is 11.6 Å². The molecule has 7 heteroatoms. The Morgan fingerprint density at radius 3 is 2.23 bits per heavy atom. The van der Waals surface area contributed by atoms with Crippen molar-refractivity contribution < 1.29 is 31.5 Å². The highest BCUT2D eigenvalue weighted by molar-refractivity contribution is 5.69. The molecule has 0 aliphatic rings. The van der Waals surface area contributed by atoms with Crippen molar-refractivity contribution in [2.24, 2.45) is 0 Å². The van der Waals surface area contributed by atoms with Gasteiger partial charge in [0, 0.05) is 11.6 Å². The first kappa shape index (κ1) is 15.9. The molecule has 0 bridgehead atoms. The number of hydrogen-bond donors (Lipinski definition) is 0. The number of alkyl halides is 3. The Balaban J connectivity index is 2.66. The second kappa shape index (κ2) is 6.13. The number of carbonyl (C=O) groups excluding carboxylic acids is 1. The number of rotatable bonds is 4. The minimum atomic E-state index is -4.78. The summed E-state index contributed by atoms with van der Waals surface area (Å²) in [6, 6.07) is 5.69. The standard InChI is InChI=1S/C15H9F5O2/c16-11-4-10(5-12(17)6-11)13-3-1-2-9(7-22-8-21)14(13)15(18,19)20/h1-6,8H,7H2. The smallest absolute Gasteiger partial charge is 0.417 e. The van der Waals surface area contributed by atoms with Gasteiger partial charge < -0.3 is 4.74 Å². The highest BCUT2D eigenvalue weighted by Gasteiger charge is 2.36. The van der Waals surface area contributed by atoms with Crippen molar-refractivity contribution in [3.8, 4) is 11.1 Å². The molecule has 0 aromatic heterocycles. The van der Waals surface area contributed by atoms with E-state index in [4.69, 9.17) is 0 Å². The molecule has 0 atom stereocenters. The Morgan fingerprint density at radius 2 is 1.68 bits per heavy atom. The van der Waals surface area contributed by atoms with Crippen LogP contribution in [0.5, 0.6) is 0 Å². The zero-order valence-electron chi connectivity index (χ0n) is 11.0. The van der Waals surface area contributed by atoms with Crippen molar-refractivity contribution in [2.45, 2.75) is 12.8 Å². The molecule has 0 amide bonds. The molecule has 22 heavy (non-hydrogen) atoms. The van der Waals surface area contributed by atoms with E-state index in [1.165, 1.54) is 6.07 Å². The molecule has 0 N–H and O–H groups in total. The highest BCUT2D eigenvalue weighted by Crippen LogP contribution is 2.40. The molecular weight excluding hydrogens is 307 g/mol. The minimum Gasteiger partial charge on any atom is -0.463 e. The van der Waals surface area contributed by atoms with Crippen molar-refractivity contribution in [2.75, 3.05) is 0 Å². The van der Waals surface area contributed by atoms with Crippen molar-refractivity contribution in [1.29, 1.82) is 0 Å². The molecule has 2 nitrogen and oxygen atoms in total. The summed E-state index contributed by atoms with van der Waals surface area (Å²) in [5.41, 5.74) is -2.04. The lowest BCUT2D eigenvalue weighted by atomic mass is 9.95. The van der Waals surface area contributed by atoms with E-state index in [1.807, 2.05) is 0 Å². The Bertz CT molecular complexity index is 675. The monoisotopic (exact) mass is 316 g/mol. The van der Waals surface area contributed by atoms with Crippen LogP contribution in [-0.4, -0.2) is 6.47 Å². The molecule has 0 unspecified atom stereocenters. The molecule has 0 saturated heterocycles. The average Bonchev–Trinajstić information content (AvgIpc) is 2.42. The molecule has 0 fully saturated rings. The van der Waals surface area contributed by atoms with Crippen LogP contribution in [-0.2, 0) is 22.3 Å². The molecule has 2 aromatic carbocycles. The van der Waals surface area contributed by atoms with Crippen LogP contribution in [0.1, 0.15) is 11.1 Å². The number of hydrogen-bond acceptors (Lipinski definition) is 2. The summed E-state index contributed by atoms with van der Waals surface area (Å²) in [4.78, 5) is 10.2. The summed E-state index contributed by atoms with van der Waals surface area (Å²) < 4.78 is 70.7. The molecule has 0 saturated carbocycles. The molecule has 2 rings (SSSR count). The van der Waals surface area contributed by atoms with Crippen LogP contribution in [0.4, 0.5) is 22.0 Å². The van der Waals surface area contributed by atoms with Gasteiger partial charge in [0.1, 0.15) is 18.2 Å². The van der Waals surface area contributed by atoms with Crippen LogP contribution in [0.25, 0.3) is 11.1 Å². The Morgan fingerprint density at radius 1 is 1.05 bits per heavy atom. The van der Waals surface area contributed by atoms with Gasteiger partial charge in [-0.3, -0.25) is 4.79 Å². The number of benzene rings is 2. The predicted octanol–water partition coefficient (Wildman–Crippen LogP) is 4.32. The van der Waals surface area contributed by atoms with E-state index in [2.05, 4.69) is 4.74 Å². The van der Waals surface area contributed by atoms with E-state index in [0.717, 1.165) is 24.3 Å². The van der Waals surface area contributed by atoms with E-state index in [9.17, 15) is 26.7 Å². The molecule has 0 spiro atoms. The molecule has 0 aliphatic carbocycles. The Kier molecular flexibility index (Phi) is 4.44. The second-order valence-corrected chi connectivity index (χ2v) is 4.40. The van der Waals surface area contributed by atoms with Crippen molar-refractivity contribution in [1.82, 2.24) is 0 Å². The third-order valence-electron chi connectivity index (χ3n) is 2.91. The first-order valence-electron chi connectivity index (χ1n) is 6.03. The van der Waals surface area contributed by atoms with Gasteiger partial charge in [0.2, 0.25) is 0 Å². The first-order chi connectivity index (χ1) is 10.3. The normalized spacial score (nSPS) is 11.3. The number of ether oxygens (including phenoxy) is 1. The van der Waals surface area contributed by atoms with Crippen LogP contribution in [0.3, 0.4) is 0 Å². The summed E-state index contributed by atoms with van der Waals surface area (Å²) in [7, 11) is 0. The van der Waals surface area contributed by atoms with Crippen LogP contribution < -0.4 is 0 Å². The van der Waals surface area contributed by atoms with E-state index in [0.29, 0.717) is 6.07 Å². The first-order valence-corrected chi connectivity index (χ1v) is 6.03. The van der Waals surface area contributed by atoms with Gasteiger partial charge in [0.05, 0.1) is 5.56 Å². The maximum absolute atomic E-state index is 13.3. The fourth-order valence-electron chi connectivity index (χ4n) is 2.13. The second-order valence-electron chi connectivity index (χ2n) is 4.40. The van der Waals surface area contributed by atoms with Crippen LogP contribution >= 0.6 is 0 Å². The highest BCUT2D eigenvalue weighted by atomic mass is 19.4. The SMILES string of the molecule is O=COCc1cccc(-c2cc(F)cc(F)c2)c1C(F)(F)F. The fourth-order valence-corrected chi connectivity index (χ4v) is 2.13. The summed E-state index contributed by atoms with van der Waals surface area (Å²) in [5.74, 6) is -1.98. The lowest BCUT2D eigenvalue weighted by Gasteiger charge is -2.17. The number of carbonyl (C=O) groups is 1.